The number of hydrogen-bond acceptors (Lipinski definition) is 2. The van der Waals surface area contributed by atoms with Crippen molar-refractivity contribution in [3.05, 3.63) is 46.0 Å². The van der Waals surface area contributed by atoms with Crippen molar-refractivity contribution in [2.24, 2.45) is 17.3 Å². The summed E-state index contributed by atoms with van der Waals surface area (Å²) in [5.41, 5.74) is -0.974. The van der Waals surface area contributed by atoms with E-state index in [1.54, 1.807) is 26.8 Å². The fraction of sp³-hybridized carbons (Fsp3) is 0.500. The molecule has 0 unspecified atom stereocenters. The quantitative estimate of drug-likeness (QED) is 0.248. The Labute approximate surface area is 142 Å². The highest BCUT2D eigenvalue weighted by Crippen LogP contribution is 2.59. The Morgan fingerprint density at radius 2 is 1.68 bits per heavy atom. The van der Waals surface area contributed by atoms with Crippen LogP contribution < -0.4 is 0 Å². The van der Waals surface area contributed by atoms with Gasteiger partial charge in [-0.3, -0.25) is 4.79 Å². The number of esters is 1. The minimum Gasteiger partial charge on any atom is -0.460 e. The van der Waals surface area contributed by atoms with Gasteiger partial charge in [-0.25, -0.2) is 22.0 Å². The first-order valence-electron chi connectivity index (χ1n) is 7.75. The van der Waals surface area contributed by atoms with Gasteiger partial charge >= 0.3 is 5.97 Å². The lowest BCUT2D eigenvalue weighted by atomic mass is 10.1. The average Bonchev–Trinajstić information content (AvgIpc) is 3.10. The van der Waals surface area contributed by atoms with Gasteiger partial charge in [-0.05, 0) is 36.3 Å². The molecule has 2 rings (SSSR count). The van der Waals surface area contributed by atoms with Gasteiger partial charge in [0.2, 0.25) is 0 Å². The Balaban J connectivity index is 2.14. The molecule has 25 heavy (non-hydrogen) atoms. The highest BCUT2D eigenvalue weighted by molar-refractivity contribution is 5.78. The second-order valence-electron chi connectivity index (χ2n) is 6.94. The van der Waals surface area contributed by atoms with Gasteiger partial charge in [-0.15, -0.1) is 0 Å². The van der Waals surface area contributed by atoms with Crippen molar-refractivity contribution in [1.29, 1.82) is 0 Å². The summed E-state index contributed by atoms with van der Waals surface area (Å²) in [7, 11) is 0. The van der Waals surface area contributed by atoms with Gasteiger partial charge in [0.1, 0.15) is 13.3 Å². The average molecular weight is 362 g/mol. The first-order chi connectivity index (χ1) is 11.5. The molecule has 0 aliphatic heterocycles. The number of alkyl halides is 1. The summed E-state index contributed by atoms with van der Waals surface area (Å²) in [6.45, 7) is 4.92. The van der Waals surface area contributed by atoms with E-state index in [1.807, 2.05) is 0 Å². The lowest BCUT2D eigenvalue weighted by molar-refractivity contribution is -0.147. The molecule has 0 radical (unpaired) electrons. The lowest BCUT2D eigenvalue weighted by Crippen LogP contribution is -2.14. The maximum atomic E-state index is 13.8. The van der Waals surface area contributed by atoms with Gasteiger partial charge < -0.3 is 4.74 Å². The molecule has 7 heteroatoms. The second-order valence-corrected chi connectivity index (χ2v) is 6.94. The number of carbonyl (C=O) groups excluding carboxylic acids is 1. The van der Waals surface area contributed by atoms with E-state index in [9.17, 15) is 26.7 Å². The zero-order chi connectivity index (χ0) is 19.1. The van der Waals surface area contributed by atoms with Gasteiger partial charge in [0, 0.05) is 5.56 Å². The summed E-state index contributed by atoms with van der Waals surface area (Å²) in [6, 6.07) is 0. The predicted molar refractivity (Wildman–Crippen MR) is 81.3 cm³/mol. The largest absolute Gasteiger partial charge is 0.460 e. The monoisotopic (exact) mass is 362 g/mol. The van der Waals surface area contributed by atoms with E-state index < -0.39 is 65.0 Å². The number of halogens is 5. The molecule has 0 saturated heterocycles. The molecular weight excluding hydrogens is 343 g/mol. The van der Waals surface area contributed by atoms with Crippen LogP contribution in [0.4, 0.5) is 22.0 Å². The zero-order valence-corrected chi connectivity index (χ0v) is 14.4. The van der Waals surface area contributed by atoms with Crippen molar-refractivity contribution in [3.63, 3.8) is 0 Å². The van der Waals surface area contributed by atoms with Crippen molar-refractivity contribution >= 4 is 5.97 Å². The van der Waals surface area contributed by atoms with Gasteiger partial charge in [-0.1, -0.05) is 19.9 Å². The molecule has 0 spiro atoms. The summed E-state index contributed by atoms with van der Waals surface area (Å²) < 4.78 is 71.4. The Kier molecular flexibility index (Phi) is 5.25. The lowest BCUT2D eigenvalue weighted by Gasteiger charge is -2.11. The topological polar surface area (TPSA) is 26.3 Å². The third-order valence-electron chi connectivity index (χ3n) is 4.82. The van der Waals surface area contributed by atoms with Crippen LogP contribution in [0.2, 0.25) is 0 Å². The molecule has 0 aromatic heterocycles. The number of allylic oxidation sites excluding steroid dienone is 2. The summed E-state index contributed by atoms with van der Waals surface area (Å²) in [5, 5.41) is 0. The van der Waals surface area contributed by atoms with Gasteiger partial charge in [0.15, 0.2) is 23.3 Å². The van der Waals surface area contributed by atoms with Crippen LogP contribution in [0.5, 0.6) is 0 Å². The standard InChI is InChI=1S/C18H19F5O2/c1-8(6-19)5-11-12(18(11,3)4)17(24)25-7-10-9(2)13(20)15(22)16(23)14(10)21/h5,11-12H,6-7H2,1-4H3/b8-5+/t11-,12-/m0/s1. The smallest absolute Gasteiger partial charge is 0.310 e. The van der Waals surface area contributed by atoms with Gasteiger partial charge in [0.25, 0.3) is 0 Å². The Morgan fingerprint density at radius 1 is 1.12 bits per heavy atom. The second kappa shape index (κ2) is 6.77. The summed E-state index contributed by atoms with van der Waals surface area (Å²) in [5.74, 6) is -8.42. The predicted octanol–water partition coefficient (Wildman–Crippen LogP) is 4.78. The van der Waals surface area contributed by atoms with Crippen LogP contribution in [-0.4, -0.2) is 12.6 Å². The van der Waals surface area contributed by atoms with Gasteiger partial charge in [-0.2, -0.15) is 0 Å². The molecular formula is C18H19F5O2. The summed E-state index contributed by atoms with van der Waals surface area (Å²) >= 11 is 0. The SMILES string of the molecule is C/C(=C\[C@H]1[C@@H](C(=O)OCc2c(C)c(F)c(F)c(F)c2F)C1(C)C)CF. The van der Waals surface area contributed by atoms with E-state index in [4.69, 9.17) is 4.74 Å². The molecule has 1 aliphatic rings. The molecule has 0 heterocycles. The third kappa shape index (κ3) is 3.41. The minimum atomic E-state index is -1.94. The van der Waals surface area contributed by atoms with E-state index in [0.29, 0.717) is 5.57 Å². The molecule has 0 amide bonds. The number of rotatable bonds is 5. The zero-order valence-electron chi connectivity index (χ0n) is 14.4. The van der Waals surface area contributed by atoms with Crippen LogP contribution in [0.3, 0.4) is 0 Å². The molecule has 0 bridgehead atoms. The fourth-order valence-corrected chi connectivity index (χ4v) is 2.98. The Bertz CT molecular complexity index is 710. The summed E-state index contributed by atoms with van der Waals surface area (Å²) in [6.07, 6.45) is 1.65. The van der Waals surface area contributed by atoms with Crippen LogP contribution in [0.15, 0.2) is 11.6 Å². The van der Waals surface area contributed by atoms with Crippen LogP contribution >= 0.6 is 0 Å². The molecule has 0 N–H and O–H groups in total. The minimum absolute atomic E-state index is 0.233. The molecule has 138 valence electrons. The van der Waals surface area contributed by atoms with E-state index in [-0.39, 0.29) is 5.92 Å². The molecule has 1 aromatic carbocycles. The van der Waals surface area contributed by atoms with E-state index in [0.717, 1.165) is 6.92 Å². The Hall–Kier alpha value is -1.92. The molecule has 1 fully saturated rings. The van der Waals surface area contributed by atoms with Crippen LogP contribution in [0, 0.1) is 47.4 Å². The number of ether oxygens (including phenoxy) is 1. The van der Waals surface area contributed by atoms with E-state index >= 15 is 0 Å². The molecule has 2 nitrogen and oxygen atoms in total. The first kappa shape index (κ1) is 19.4. The highest BCUT2D eigenvalue weighted by atomic mass is 19.2. The number of carbonyl (C=O) groups is 1. The fourth-order valence-electron chi connectivity index (χ4n) is 2.98. The van der Waals surface area contributed by atoms with Gasteiger partial charge in [0.05, 0.1) is 5.92 Å². The van der Waals surface area contributed by atoms with Crippen molar-refractivity contribution < 1.29 is 31.5 Å². The normalized spacial score (nSPS) is 22.0. The number of hydrogen-bond donors (Lipinski definition) is 0. The maximum Gasteiger partial charge on any atom is 0.310 e. The number of benzene rings is 1. The molecule has 1 aromatic rings. The van der Waals surface area contributed by atoms with Crippen LogP contribution in [0.1, 0.15) is 31.9 Å². The van der Waals surface area contributed by atoms with Crippen molar-refractivity contribution in [1.82, 2.24) is 0 Å². The third-order valence-corrected chi connectivity index (χ3v) is 4.82. The summed E-state index contributed by atoms with van der Waals surface area (Å²) in [4.78, 5) is 12.2. The van der Waals surface area contributed by atoms with E-state index in [1.165, 1.54) is 0 Å². The maximum absolute atomic E-state index is 13.8. The molecule has 1 saturated carbocycles. The first-order valence-corrected chi connectivity index (χ1v) is 7.75. The molecule has 1 aliphatic carbocycles. The van der Waals surface area contributed by atoms with Crippen LogP contribution in [0.25, 0.3) is 0 Å². The van der Waals surface area contributed by atoms with Crippen molar-refractivity contribution in [2.45, 2.75) is 34.3 Å². The molecule has 2 atom stereocenters. The van der Waals surface area contributed by atoms with Crippen molar-refractivity contribution in [2.75, 3.05) is 6.67 Å². The van der Waals surface area contributed by atoms with Crippen molar-refractivity contribution in [3.8, 4) is 0 Å². The Morgan fingerprint density at radius 3 is 2.24 bits per heavy atom. The highest BCUT2D eigenvalue weighted by Gasteiger charge is 2.61. The van der Waals surface area contributed by atoms with E-state index in [2.05, 4.69) is 0 Å². The van der Waals surface area contributed by atoms with Crippen LogP contribution in [-0.2, 0) is 16.1 Å².